The summed E-state index contributed by atoms with van der Waals surface area (Å²) in [6, 6.07) is 14.2. The molecule has 0 spiro atoms. The molecule has 0 unspecified atom stereocenters. The summed E-state index contributed by atoms with van der Waals surface area (Å²) < 4.78 is 32.8. The minimum atomic E-state index is -3.50. The van der Waals surface area contributed by atoms with Crippen LogP contribution in [-0.4, -0.2) is 63.4 Å². The summed E-state index contributed by atoms with van der Waals surface area (Å²) in [7, 11) is -1.84. The zero-order valence-corrected chi connectivity index (χ0v) is 20.0. The van der Waals surface area contributed by atoms with Crippen LogP contribution in [0.3, 0.4) is 0 Å². The van der Waals surface area contributed by atoms with E-state index in [1.165, 1.54) is 12.1 Å². The number of methoxy groups -OCH3 is 1. The van der Waals surface area contributed by atoms with Crippen molar-refractivity contribution in [3.63, 3.8) is 0 Å². The number of piperidine rings is 1. The van der Waals surface area contributed by atoms with E-state index in [4.69, 9.17) is 4.74 Å². The molecule has 0 radical (unpaired) electrons. The highest BCUT2D eigenvalue weighted by atomic mass is 32.2. The van der Waals surface area contributed by atoms with Crippen LogP contribution in [0.15, 0.2) is 53.4 Å². The summed E-state index contributed by atoms with van der Waals surface area (Å²) in [6.07, 6.45) is 5.14. The maximum absolute atomic E-state index is 12.9. The molecule has 2 aromatic rings. The van der Waals surface area contributed by atoms with E-state index in [1.807, 2.05) is 24.3 Å². The Morgan fingerprint density at radius 3 is 2.24 bits per heavy atom. The average molecular weight is 472 g/mol. The van der Waals surface area contributed by atoms with Crippen LogP contribution in [0, 0.1) is 0 Å². The van der Waals surface area contributed by atoms with Gasteiger partial charge in [-0.25, -0.2) is 8.42 Å². The van der Waals surface area contributed by atoms with Crippen LogP contribution in [-0.2, 0) is 10.0 Å². The summed E-state index contributed by atoms with van der Waals surface area (Å²) in [5.41, 5.74) is 1.51. The summed E-state index contributed by atoms with van der Waals surface area (Å²) in [4.78, 5) is 15.5. The van der Waals surface area contributed by atoms with Crippen LogP contribution in [0.25, 0.3) is 0 Å². The molecule has 0 aliphatic carbocycles. The molecule has 2 heterocycles. The average Bonchev–Trinajstić information content (AvgIpc) is 3.39. The van der Waals surface area contributed by atoms with Crippen molar-refractivity contribution in [3.8, 4) is 5.75 Å². The number of hydrogen-bond donors (Lipinski definition) is 1. The molecule has 1 N–H and O–H groups in total. The maximum atomic E-state index is 12.9. The molecule has 7 nitrogen and oxygen atoms in total. The number of hydrogen-bond acceptors (Lipinski definition) is 5. The molecule has 8 heteroatoms. The number of likely N-dealkylation sites (tertiary alicyclic amines) is 1. The van der Waals surface area contributed by atoms with E-state index in [9.17, 15) is 13.2 Å². The van der Waals surface area contributed by atoms with Crippen LogP contribution in [0.4, 0.5) is 0 Å². The van der Waals surface area contributed by atoms with E-state index in [0.29, 0.717) is 25.2 Å². The van der Waals surface area contributed by atoms with Crippen molar-refractivity contribution >= 4 is 15.9 Å². The third-order valence-corrected chi connectivity index (χ3v) is 8.52. The maximum Gasteiger partial charge on any atom is 0.251 e. The molecular weight excluding hydrogens is 438 g/mol. The molecule has 2 fully saturated rings. The standard InChI is InChI=1S/C25H33N3O4S/c1-32-24-10-4-3-9-22(24)23(27-15-7-8-16-27)19-26-25(29)20-11-13-21(14-12-20)33(30,31)28-17-5-2-6-18-28/h3-4,9-14,23H,2,5-8,15-19H2,1H3,(H,26,29)/t23-/m0/s1. The van der Waals surface area contributed by atoms with E-state index in [0.717, 1.165) is 56.5 Å². The Labute approximate surface area is 196 Å². The Morgan fingerprint density at radius 1 is 0.939 bits per heavy atom. The minimum Gasteiger partial charge on any atom is -0.496 e. The Hall–Kier alpha value is -2.42. The molecule has 4 rings (SSSR count). The van der Waals surface area contributed by atoms with Gasteiger partial charge < -0.3 is 10.1 Å². The molecule has 33 heavy (non-hydrogen) atoms. The number of nitrogens with zero attached hydrogens (tertiary/aromatic N) is 2. The van der Waals surface area contributed by atoms with Gasteiger partial charge in [0.2, 0.25) is 10.0 Å². The van der Waals surface area contributed by atoms with E-state index in [-0.39, 0.29) is 16.8 Å². The largest absolute Gasteiger partial charge is 0.496 e. The molecule has 1 amide bonds. The van der Waals surface area contributed by atoms with Crippen molar-refractivity contribution in [1.82, 2.24) is 14.5 Å². The van der Waals surface area contributed by atoms with Crippen LogP contribution in [0.5, 0.6) is 5.75 Å². The fourth-order valence-corrected chi connectivity index (χ4v) is 6.27. The first-order valence-corrected chi connectivity index (χ1v) is 13.2. The number of amides is 1. The predicted molar refractivity (Wildman–Crippen MR) is 128 cm³/mol. The van der Waals surface area contributed by atoms with Gasteiger partial charge in [0.25, 0.3) is 5.91 Å². The summed E-state index contributed by atoms with van der Waals surface area (Å²) in [6.45, 7) is 3.55. The second-order valence-corrected chi connectivity index (χ2v) is 10.6. The number of rotatable bonds is 8. The van der Waals surface area contributed by atoms with E-state index in [1.54, 1.807) is 23.5 Å². The van der Waals surface area contributed by atoms with Crippen molar-refractivity contribution < 1.29 is 17.9 Å². The predicted octanol–water partition coefficient (Wildman–Crippen LogP) is 3.44. The topological polar surface area (TPSA) is 78.9 Å². The van der Waals surface area contributed by atoms with Gasteiger partial charge in [-0.15, -0.1) is 0 Å². The third kappa shape index (κ3) is 5.39. The highest BCUT2D eigenvalue weighted by molar-refractivity contribution is 7.89. The lowest BCUT2D eigenvalue weighted by Crippen LogP contribution is -2.37. The second-order valence-electron chi connectivity index (χ2n) is 8.70. The van der Waals surface area contributed by atoms with E-state index in [2.05, 4.69) is 10.2 Å². The number of nitrogens with one attached hydrogen (secondary N) is 1. The first-order chi connectivity index (χ1) is 16.0. The van der Waals surface area contributed by atoms with E-state index >= 15 is 0 Å². The van der Waals surface area contributed by atoms with Gasteiger partial charge in [-0.3, -0.25) is 9.69 Å². The fourth-order valence-electron chi connectivity index (χ4n) is 4.75. The van der Waals surface area contributed by atoms with Gasteiger partial charge in [0.15, 0.2) is 0 Å². The van der Waals surface area contributed by atoms with Crippen LogP contribution < -0.4 is 10.1 Å². The first kappa shape index (κ1) is 23.7. The number of benzene rings is 2. The van der Waals surface area contributed by atoms with Crippen molar-refractivity contribution in [2.24, 2.45) is 0 Å². The summed E-state index contributed by atoms with van der Waals surface area (Å²) in [5, 5.41) is 3.05. The van der Waals surface area contributed by atoms with Crippen molar-refractivity contribution in [2.45, 2.75) is 43.0 Å². The Balaban J connectivity index is 1.45. The van der Waals surface area contributed by atoms with Gasteiger partial charge >= 0.3 is 0 Å². The van der Waals surface area contributed by atoms with Crippen LogP contribution >= 0.6 is 0 Å². The molecule has 178 valence electrons. The quantitative estimate of drug-likeness (QED) is 0.638. The molecule has 0 bridgehead atoms. The molecule has 2 aliphatic heterocycles. The molecule has 2 saturated heterocycles. The monoisotopic (exact) mass is 471 g/mol. The van der Waals surface area contributed by atoms with Gasteiger partial charge in [-0.1, -0.05) is 24.6 Å². The molecule has 1 atom stereocenters. The van der Waals surface area contributed by atoms with Crippen LogP contribution in [0.1, 0.15) is 54.1 Å². The second kappa shape index (κ2) is 10.7. The van der Waals surface area contributed by atoms with E-state index < -0.39 is 10.0 Å². The van der Waals surface area contributed by atoms with Crippen molar-refractivity contribution in [3.05, 3.63) is 59.7 Å². The van der Waals surface area contributed by atoms with Crippen LogP contribution in [0.2, 0.25) is 0 Å². The zero-order chi connectivity index (χ0) is 23.3. The SMILES string of the molecule is COc1ccccc1[C@H](CNC(=O)c1ccc(S(=O)(=O)N2CCCCC2)cc1)N1CCCC1. The number of ether oxygens (including phenoxy) is 1. The lowest BCUT2D eigenvalue weighted by atomic mass is 10.0. The summed E-state index contributed by atoms with van der Waals surface area (Å²) in [5.74, 6) is 0.604. The highest BCUT2D eigenvalue weighted by Gasteiger charge is 2.28. The third-order valence-electron chi connectivity index (χ3n) is 6.60. The van der Waals surface area contributed by atoms with Gasteiger partial charge in [-0.2, -0.15) is 4.31 Å². The fraction of sp³-hybridized carbons (Fsp3) is 0.480. The van der Waals surface area contributed by atoms with Gasteiger partial charge in [0.05, 0.1) is 18.0 Å². The van der Waals surface area contributed by atoms with Gasteiger partial charge in [0.1, 0.15) is 5.75 Å². The van der Waals surface area contributed by atoms with Gasteiger partial charge in [0, 0.05) is 30.8 Å². The first-order valence-electron chi connectivity index (χ1n) is 11.8. The molecule has 2 aromatic carbocycles. The lowest BCUT2D eigenvalue weighted by molar-refractivity contribution is 0.0937. The normalized spacial score (nSPS) is 18.7. The van der Waals surface area contributed by atoms with Crippen molar-refractivity contribution in [2.75, 3.05) is 39.8 Å². The molecular formula is C25H33N3O4S. The van der Waals surface area contributed by atoms with Crippen molar-refractivity contribution in [1.29, 1.82) is 0 Å². The minimum absolute atomic E-state index is 0.0198. The number of para-hydroxylation sites is 1. The smallest absolute Gasteiger partial charge is 0.251 e. The number of sulfonamides is 1. The highest BCUT2D eigenvalue weighted by Crippen LogP contribution is 2.31. The number of carbonyl (C=O) groups excluding carboxylic acids is 1. The Morgan fingerprint density at radius 2 is 1.58 bits per heavy atom. The molecule has 0 aromatic heterocycles. The Bertz CT molecular complexity index is 1040. The molecule has 0 saturated carbocycles. The summed E-state index contributed by atoms with van der Waals surface area (Å²) >= 11 is 0. The lowest BCUT2D eigenvalue weighted by Gasteiger charge is -2.29. The van der Waals surface area contributed by atoms with Gasteiger partial charge in [-0.05, 0) is 69.1 Å². The Kier molecular flexibility index (Phi) is 7.67. The zero-order valence-electron chi connectivity index (χ0n) is 19.2. The molecule has 2 aliphatic rings. The number of carbonyl (C=O) groups is 1.